The van der Waals surface area contributed by atoms with Crippen LogP contribution in [0.2, 0.25) is 0 Å². The van der Waals surface area contributed by atoms with Crippen molar-refractivity contribution in [3.8, 4) is 0 Å². The van der Waals surface area contributed by atoms with Crippen LogP contribution in [0.15, 0.2) is 53.0 Å². The van der Waals surface area contributed by atoms with E-state index in [4.69, 9.17) is 5.73 Å². The first kappa shape index (κ1) is 19.7. The summed E-state index contributed by atoms with van der Waals surface area (Å²) in [4.78, 5) is 35.0. The zero-order valence-corrected chi connectivity index (χ0v) is 15.9. The third-order valence-electron chi connectivity index (χ3n) is 3.80. The number of hydrogen-bond acceptors (Lipinski definition) is 3. The number of hydrogen-bond donors (Lipinski definition) is 3. The zero-order chi connectivity index (χ0) is 19.1. The van der Waals surface area contributed by atoms with Gasteiger partial charge in [0.05, 0.1) is 6.04 Å². The first-order valence-electron chi connectivity index (χ1n) is 8.09. The second-order valence-electron chi connectivity index (χ2n) is 5.83. The Morgan fingerprint density at radius 1 is 1.00 bits per heavy atom. The SMILES string of the molecule is CC(NC(=O)CCC(=O)c1ccc(Br)cc1)c1ccc(NC(N)=O)cc1. The average molecular weight is 418 g/mol. The van der Waals surface area contributed by atoms with E-state index in [2.05, 4.69) is 26.6 Å². The van der Waals surface area contributed by atoms with Gasteiger partial charge in [-0.25, -0.2) is 4.79 Å². The number of benzene rings is 2. The van der Waals surface area contributed by atoms with Gasteiger partial charge in [0.1, 0.15) is 0 Å². The number of urea groups is 1. The minimum Gasteiger partial charge on any atom is -0.351 e. The molecule has 1 atom stereocenters. The highest BCUT2D eigenvalue weighted by Gasteiger charge is 2.13. The molecule has 0 radical (unpaired) electrons. The molecular formula is C19H20BrN3O3. The molecule has 2 rings (SSSR count). The number of nitrogens with two attached hydrogens (primary N) is 1. The zero-order valence-electron chi connectivity index (χ0n) is 14.3. The molecule has 2 aromatic rings. The van der Waals surface area contributed by atoms with Crippen molar-refractivity contribution in [2.24, 2.45) is 5.73 Å². The maximum absolute atomic E-state index is 12.1. The summed E-state index contributed by atoms with van der Waals surface area (Å²) in [6, 6.07) is 13.2. The summed E-state index contributed by atoms with van der Waals surface area (Å²) in [5.41, 5.74) is 7.11. The fourth-order valence-corrected chi connectivity index (χ4v) is 2.67. The highest BCUT2D eigenvalue weighted by molar-refractivity contribution is 9.10. The highest BCUT2D eigenvalue weighted by Crippen LogP contribution is 2.17. The normalized spacial score (nSPS) is 11.5. The van der Waals surface area contributed by atoms with Crippen LogP contribution in [0.4, 0.5) is 10.5 Å². The average Bonchev–Trinajstić information content (AvgIpc) is 2.60. The number of anilines is 1. The molecule has 0 aliphatic heterocycles. The van der Waals surface area contributed by atoms with Gasteiger partial charge in [-0.2, -0.15) is 0 Å². The molecule has 0 aliphatic rings. The molecule has 136 valence electrons. The highest BCUT2D eigenvalue weighted by atomic mass is 79.9. The van der Waals surface area contributed by atoms with Crippen LogP contribution in [0.25, 0.3) is 0 Å². The van der Waals surface area contributed by atoms with Crippen LogP contribution in [0.3, 0.4) is 0 Å². The third kappa shape index (κ3) is 6.00. The third-order valence-corrected chi connectivity index (χ3v) is 4.33. The standard InChI is InChI=1S/C19H20BrN3O3/c1-12(13-4-8-16(9-5-13)23-19(21)26)22-18(25)11-10-17(24)14-2-6-15(20)7-3-14/h2-9,12H,10-11H2,1H3,(H,22,25)(H3,21,23,26). The van der Waals surface area contributed by atoms with Crippen molar-refractivity contribution in [2.75, 3.05) is 5.32 Å². The summed E-state index contributed by atoms with van der Waals surface area (Å²) in [6.45, 7) is 1.85. The molecule has 7 heteroatoms. The van der Waals surface area contributed by atoms with Gasteiger partial charge in [-0.1, -0.05) is 40.2 Å². The summed E-state index contributed by atoms with van der Waals surface area (Å²) in [7, 11) is 0. The van der Waals surface area contributed by atoms with Crippen LogP contribution in [0, 0.1) is 0 Å². The number of ketones is 1. The van der Waals surface area contributed by atoms with Crippen molar-refractivity contribution in [1.82, 2.24) is 5.32 Å². The molecule has 26 heavy (non-hydrogen) atoms. The van der Waals surface area contributed by atoms with Crippen LogP contribution in [-0.4, -0.2) is 17.7 Å². The smallest absolute Gasteiger partial charge is 0.316 e. The second-order valence-corrected chi connectivity index (χ2v) is 6.75. The van der Waals surface area contributed by atoms with E-state index < -0.39 is 6.03 Å². The predicted octanol–water partition coefficient (Wildman–Crippen LogP) is 3.78. The van der Waals surface area contributed by atoms with Crippen LogP contribution in [0.5, 0.6) is 0 Å². The number of Topliss-reactive ketones (excluding diaryl/α,β-unsaturated/α-hetero) is 1. The van der Waals surface area contributed by atoms with Crippen LogP contribution in [-0.2, 0) is 4.79 Å². The van der Waals surface area contributed by atoms with Crippen molar-refractivity contribution in [3.05, 3.63) is 64.1 Å². The largest absolute Gasteiger partial charge is 0.351 e. The second kappa shape index (κ2) is 9.15. The van der Waals surface area contributed by atoms with Gasteiger partial charge in [0.15, 0.2) is 5.78 Å². The Bertz CT molecular complexity index is 789. The van der Waals surface area contributed by atoms with Gasteiger partial charge < -0.3 is 16.4 Å². The monoisotopic (exact) mass is 417 g/mol. The van der Waals surface area contributed by atoms with E-state index in [9.17, 15) is 14.4 Å². The van der Waals surface area contributed by atoms with Crippen LogP contribution < -0.4 is 16.4 Å². The Hall–Kier alpha value is -2.67. The number of nitrogens with one attached hydrogen (secondary N) is 2. The van der Waals surface area contributed by atoms with Gasteiger partial charge in [-0.3, -0.25) is 9.59 Å². The number of amides is 3. The first-order chi connectivity index (χ1) is 12.3. The minimum atomic E-state index is -0.630. The molecule has 2 aromatic carbocycles. The number of primary amides is 1. The summed E-state index contributed by atoms with van der Waals surface area (Å²) in [6.07, 6.45) is 0.280. The molecule has 0 fully saturated rings. The summed E-state index contributed by atoms with van der Waals surface area (Å²) < 4.78 is 0.901. The number of halogens is 1. The summed E-state index contributed by atoms with van der Waals surface area (Å²) >= 11 is 3.32. The maximum Gasteiger partial charge on any atom is 0.316 e. The van der Waals surface area contributed by atoms with Crippen molar-refractivity contribution in [3.63, 3.8) is 0 Å². The van der Waals surface area contributed by atoms with E-state index in [-0.39, 0.29) is 30.6 Å². The quantitative estimate of drug-likeness (QED) is 0.597. The van der Waals surface area contributed by atoms with Crippen molar-refractivity contribution >= 4 is 39.3 Å². The molecule has 1 unspecified atom stereocenters. The molecule has 0 heterocycles. The van der Waals surface area contributed by atoms with E-state index in [1.807, 2.05) is 6.92 Å². The molecule has 0 aliphatic carbocycles. The van der Waals surface area contributed by atoms with Crippen molar-refractivity contribution in [1.29, 1.82) is 0 Å². The Balaban J connectivity index is 1.83. The van der Waals surface area contributed by atoms with E-state index in [0.717, 1.165) is 10.0 Å². The van der Waals surface area contributed by atoms with Gasteiger partial charge in [-0.05, 0) is 36.8 Å². The molecule has 4 N–H and O–H groups in total. The summed E-state index contributed by atoms with van der Waals surface area (Å²) in [5, 5.41) is 5.34. The molecule has 0 spiro atoms. The fraction of sp³-hybridized carbons (Fsp3) is 0.211. The molecule has 0 bridgehead atoms. The van der Waals surface area contributed by atoms with Crippen molar-refractivity contribution in [2.45, 2.75) is 25.8 Å². The Kier molecular flexibility index (Phi) is 6.91. The van der Waals surface area contributed by atoms with Gasteiger partial charge in [0.25, 0.3) is 0 Å². The van der Waals surface area contributed by atoms with Gasteiger partial charge >= 0.3 is 6.03 Å². The fourth-order valence-electron chi connectivity index (χ4n) is 2.40. The van der Waals surface area contributed by atoms with E-state index in [0.29, 0.717) is 11.3 Å². The van der Waals surface area contributed by atoms with Crippen LogP contribution >= 0.6 is 15.9 Å². The lowest BCUT2D eigenvalue weighted by Crippen LogP contribution is -2.27. The predicted molar refractivity (Wildman–Crippen MR) is 104 cm³/mol. The minimum absolute atomic E-state index is 0.0674. The van der Waals surface area contributed by atoms with Gasteiger partial charge in [-0.15, -0.1) is 0 Å². The first-order valence-corrected chi connectivity index (χ1v) is 8.89. The lowest BCUT2D eigenvalue weighted by atomic mass is 10.1. The number of rotatable bonds is 7. The molecule has 0 saturated carbocycles. The number of carbonyl (C=O) groups is 3. The van der Waals surface area contributed by atoms with E-state index in [1.165, 1.54) is 0 Å². The van der Waals surface area contributed by atoms with Gasteiger partial charge in [0, 0.05) is 28.6 Å². The number of carbonyl (C=O) groups excluding carboxylic acids is 3. The molecule has 0 saturated heterocycles. The topological polar surface area (TPSA) is 101 Å². The molecule has 6 nitrogen and oxygen atoms in total. The maximum atomic E-state index is 12.1. The van der Waals surface area contributed by atoms with E-state index >= 15 is 0 Å². The summed E-state index contributed by atoms with van der Waals surface area (Å²) in [5.74, 6) is -0.260. The molecular weight excluding hydrogens is 398 g/mol. The lowest BCUT2D eigenvalue weighted by molar-refractivity contribution is -0.121. The van der Waals surface area contributed by atoms with Crippen LogP contribution in [0.1, 0.15) is 41.7 Å². The Labute approximate surface area is 160 Å². The van der Waals surface area contributed by atoms with Gasteiger partial charge in [0.2, 0.25) is 5.91 Å². The lowest BCUT2D eigenvalue weighted by Gasteiger charge is -2.15. The molecule has 0 aromatic heterocycles. The molecule has 3 amide bonds. The van der Waals surface area contributed by atoms with Crippen molar-refractivity contribution < 1.29 is 14.4 Å². The Morgan fingerprint density at radius 2 is 1.62 bits per heavy atom. The van der Waals surface area contributed by atoms with E-state index in [1.54, 1.807) is 48.5 Å². The Morgan fingerprint density at radius 3 is 2.19 bits per heavy atom.